The predicted octanol–water partition coefficient (Wildman–Crippen LogP) is 2.86. The molecule has 1 fully saturated rings. The van der Waals surface area contributed by atoms with Crippen LogP contribution < -0.4 is 4.90 Å². The minimum Gasteiger partial charge on any atom is -0.369 e. The van der Waals surface area contributed by atoms with Crippen molar-refractivity contribution in [3.8, 4) is 0 Å². The van der Waals surface area contributed by atoms with E-state index in [0.29, 0.717) is 19.1 Å². The van der Waals surface area contributed by atoms with E-state index in [2.05, 4.69) is 25.7 Å². The van der Waals surface area contributed by atoms with E-state index in [0.717, 1.165) is 30.6 Å². The van der Waals surface area contributed by atoms with Gasteiger partial charge in [0.25, 0.3) is 5.91 Å². The molecule has 5 nitrogen and oxygen atoms in total. The molecule has 1 heterocycles. The molecule has 0 saturated carbocycles. The van der Waals surface area contributed by atoms with Crippen LogP contribution in [-0.2, 0) is 4.79 Å². The van der Waals surface area contributed by atoms with Gasteiger partial charge in [0.05, 0.1) is 0 Å². The van der Waals surface area contributed by atoms with E-state index in [1.165, 1.54) is 0 Å². The van der Waals surface area contributed by atoms with Gasteiger partial charge in [0.2, 0.25) is 5.91 Å². The zero-order chi connectivity index (χ0) is 18.6. The van der Waals surface area contributed by atoms with Crippen molar-refractivity contribution in [2.45, 2.75) is 39.7 Å². The molecule has 25 heavy (non-hydrogen) atoms. The number of hydrogen-bond donors (Lipinski definition) is 0. The highest BCUT2D eigenvalue weighted by molar-refractivity contribution is 5.94. The lowest BCUT2D eigenvalue weighted by atomic mass is 9.95. The molecule has 5 heteroatoms. The van der Waals surface area contributed by atoms with Crippen LogP contribution >= 0.6 is 0 Å². The van der Waals surface area contributed by atoms with Gasteiger partial charge in [-0.2, -0.15) is 0 Å². The third kappa shape index (κ3) is 4.53. The fraction of sp³-hybridized carbons (Fsp3) is 0.600. The summed E-state index contributed by atoms with van der Waals surface area (Å²) in [5, 5.41) is 0. The number of nitrogens with zero attached hydrogens (tertiary/aromatic N) is 3. The standard InChI is InChI=1S/C20H31N3O2/c1-6-23(15(2)3)18-9-7-16(8-10-18)20(25)22-13-11-17(12-14-22)19(24)21(4)5/h7-10,15,17H,6,11-14H2,1-5H3. The molecule has 0 bridgehead atoms. The smallest absolute Gasteiger partial charge is 0.253 e. The summed E-state index contributed by atoms with van der Waals surface area (Å²) >= 11 is 0. The average molecular weight is 345 g/mol. The largest absolute Gasteiger partial charge is 0.369 e. The molecule has 0 spiro atoms. The number of anilines is 1. The Morgan fingerprint density at radius 1 is 1.12 bits per heavy atom. The van der Waals surface area contributed by atoms with Crippen LogP contribution in [0.3, 0.4) is 0 Å². The second kappa shape index (κ2) is 8.37. The SMILES string of the molecule is CCN(c1ccc(C(=O)N2CCC(C(=O)N(C)C)CC2)cc1)C(C)C. The molecule has 1 aromatic carbocycles. The number of hydrogen-bond acceptors (Lipinski definition) is 3. The highest BCUT2D eigenvalue weighted by atomic mass is 16.2. The van der Waals surface area contributed by atoms with Crippen molar-refractivity contribution in [2.75, 3.05) is 38.6 Å². The molecule has 0 N–H and O–H groups in total. The highest BCUT2D eigenvalue weighted by Crippen LogP contribution is 2.22. The Hall–Kier alpha value is -2.04. The zero-order valence-corrected chi connectivity index (χ0v) is 16.2. The molecular weight excluding hydrogens is 314 g/mol. The van der Waals surface area contributed by atoms with Crippen LogP contribution in [0, 0.1) is 5.92 Å². The third-order valence-corrected chi connectivity index (χ3v) is 4.98. The predicted molar refractivity (Wildman–Crippen MR) is 102 cm³/mol. The van der Waals surface area contributed by atoms with Crippen molar-refractivity contribution < 1.29 is 9.59 Å². The fourth-order valence-electron chi connectivity index (χ4n) is 3.52. The number of piperidine rings is 1. The van der Waals surface area contributed by atoms with E-state index in [-0.39, 0.29) is 17.7 Å². The van der Waals surface area contributed by atoms with Crippen molar-refractivity contribution in [3.63, 3.8) is 0 Å². The Labute approximate surface area is 151 Å². The van der Waals surface area contributed by atoms with E-state index in [4.69, 9.17) is 0 Å². The Morgan fingerprint density at radius 3 is 2.12 bits per heavy atom. The van der Waals surface area contributed by atoms with Crippen LogP contribution in [0.25, 0.3) is 0 Å². The topological polar surface area (TPSA) is 43.9 Å². The van der Waals surface area contributed by atoms with E-state index >= 15 is 0 Å². The number of carbonyl (C=O) groups is 2. The number of benzene rings is 1. The third-order valence-electron chi connectivity index (χ3n) is 4.98. The maximum absolute atomic E-state index is 12.7. The maximum Gasteiger partial charge on any atom is 0.253 e. The summed E-state index contributed by atoms with van der Waals surface area (Å²) in [7, 11) is 3.58. The molecule has 0 unspecified atom stereocenters. The van der Waals surface area contributed by atoms with Crippen LogP contribution in [-0.4, -0.2) is 61.4 Å². The summed E-state index contributed by atoms with van der Waals surface area (Å²) in [4.78, 5) is 30.6. The molecule has 1 aliphatic rings. The number of rotatable bonds is 5. The highest BCUT2D eigenvalue weighted by Gasteiger charge is 2.28. The Bertz CT molecular complexity index is 587. The molecule has 0 aromatic heterocycles. The van der Waals surface area contributed by atoms with Crippen LogP contribution in [0.4, 0.5) is 5.69 Å². The van der Waals surface area contributed by atoms with Gasteiger partial charge in [-0.15, -0.1) is 0 Å². The number of amides is 2. The summed E-state index contributed by atoms with van der Waals surface area (Å²) in [5.74, 6) is 0.283. The summed E-state index contributed by atoms with van der Waals surface area (Å²) in [5.41, 5.74) is 1.87. The first kappa shape index (κ1) is 19.3. The van der Waals surface area contributed by atoms with Gasteiger partial charge in [0.1, 0.15) is 0 Å². The van der Waals surface area contributed by atoms with Crippen LogP contribution in [0.15, 0.2) is 24.3 Å². The lowest BCUT2D eigenvalue weighted by molar-refractivity contribution is -0.134. The minimum absolute atomic E-state index is 0.0468. The van der Waals surface area contributed by atoms with Crippen molar-refractivity contribution in [1.82, 2.24) is 9.80 Å². The molecule has 0 aliphatic carbocycles. The maximum atomic E-state index is 12.7. The molecule has 0 atom stereocenters. The first-order valence-electron chi connectivity index (χ1n) is 9.22. The Morgan fingerprint density at radius 2 is 1.68 bits per heavy atom. The average Bonchev–Trinajstić information content (AvgIpc) is 2.61. The number of carbonyl (C=O) groups excluding carboxylic acids is 2. The zero-order valence-electron chi connectivity index (χ0n) is 16.2. The van der Waals surface area contributed by atoms with Gasteiger partial charge >= 0.3 is 0 Å². The summed E-state index contributed by atoms with van der Waals surface area (Å²) < 4.78 is 0. The van der Waals surface area contributed by atoms with Crippen LogP contribution in [0.5, 0.6) is 0 Å². The van der Waals surface area contributed by atoms with Gasteiger partial charge in [0.15, 0.2) is 0 Å². The molecular formula is C20H31N3O2. The second-order valence-corrected chi connectivity index (χ2v) is 7.23. The first-order chi connectivity index (χ1) is 11.8. The van der Waals surface area contributed by atoms with Crippen LogP contribution in [0.1, 0.15) is 44.0 Å². The summed E-state index contributed by atoms with van der Waals surface area (Å²) in [6.45, 7) is 8.72. The van der Waals surface area contributed by atoms with Crippen molar-refractivity contribution in [1.29, 1.82) is 0 Å². The van der Waals surface area contributed by atoms with Gasteiger partial charge in [-0.1, -0.05) is 0 Å². The van der Waals surface area contributed by atoms with E-state index in [1.807, 2.05) is 29.2 Å². The monoisotopic (exact) mass is 345 g/mol. The van der Waals surface area contributed by atoms with Crippen molar-refractivity contribution >= 4 is 17.5 Å². The molecule has 1 aromatic rings. The second-order valence-electron chi connectivity index (χ2n) is 7.23. The summed E-state index contributed by atoms with van der Waals surface area (Å²) in [6.07, 6.45) is 1.50. The summed E-state index contributed by atoms with van der Waals surface area (Å²) in [6, 6.07) is 8.32. The van der Waals surface area contributed by atoms with E-state index in [9.17, 15) is 9.59 Å². The normalized spacial score (nSPS) is 15.4. The molecule has 1 aliphatic heterocycles. The quantitative estimate of drug-likeness (QED) is 0.824. The first-order valence-corrected chi connectivity index (χ1v) is 9.22. The minimum atomic E-state index is 0.0468. The Kier molecular flexibility index (Phi) is 6.45. The van der Waals surface area contributed by atoms with Crippen LogP contribution in [0.2, 0.25) is 0 Å². The Balaban J connectivity index is 1.99. The van der Waals surface area contributed by atoms with Gasteiger partial charge < -0.3 is 14.7 Å². The van der Waals surface area contributed by atoms with Crippen molar-refractivity contribution in [2.24, 2.45) is 5.92 Å². The van der Waals surface area contributed by atoms with Gasteiger partial charge in [0, 0.05) is 56.9 Å². The number of likely N-dealkylation sites (tertiary alicyclic amines) is 1. The van der Waals surface area contributed by atoms with Gasteiger partial charge in [-0.3, -0.25) is 9.59 Å². The van der Waals surface area contributed by atoms with Gasteiger partial charge in [-0.25, -0.2) is 0 Å². The van der Waals surface area contributed by atoms with E-state index < -0.39 is 0 Å². The lowest BCUT2D eigenvalue weighted by Crippen LogP contribution is -2.42. The lowest BCUT2D eigenvalue weighted by Gasteiger charge is -2.32. The fourth-order valence-corrected chi connectivity index (χ4v) is 3.52. The molecule has 1 saturated heterocycles. The molecule has 138 valence electrons. The van der Waals surface area contributed by atoms with E-state index in [1.54, 1.807) is 19.0 Å². The molecule has 0 radical (unpaired) electrons. The van der Waals surface area contributed by atoms with Gasteiger partial charge in [-0.05, 0) is 57.9 Å². The van der Waals surface area contributed by atoms with Crippen molar-refractivity contribution in [3.05, 3.63) is 29.8 Å². The molecule has 2 rings (SSSR count). The molecule has 2 amide bonds.